The average molecular weight is 387 g/mol. The van der Waals surface area contributed by atoms with E-state index in [4.69, 9.17) is 21.1 Å². The summed E-state index contributed by atoms with van der Waals surface area (Å²) in [6.07, 6.45) is 6.68. The van der Waals surface area contributed by atoms with E-state index in [1.165, 1.54) is 6.20 Å². The van der Waals surface area contributed by atoms with E-state index >= 15 is 0 Å². The van der Waals surface area contributed by atoms with Gasteiger partial charge in [-0.15, -0.1) is 0 Å². The molecule has 0 spiro atoms. The minimum atomic E-state index is -0.0780. The minimum absolute atomic E-state index is 0.00484. The molecule has 0 unspecified atom stereocenters. The largest absolute Gasteiger partial charge is 0.361 e. The summed E-state index contributed by atoms with van der Waals surface area (Å²) in [7, 11) is 0. The smallest absolute Gasteiger partial charge is 0.244 e. The molecule has 0 aliphatic carbocycles. The molecule has 27 heavy (non-hydrogen) atoms. The zero-order valence-corrected chi connectivity index (χ0v) is 15.8. The van der Waals surface area contributed by atoms with Crippen LogP contribution in [-0.4, -0.2) is 42.3 Å². The van der Waals surface area contributed by atoms with E-state index in [-0.39, 0.29) is 18.5 Å². The standard InChI is InChI=1S/C18H19ClN6O2/c1-11-17(12(2)27-23-11)18-20-6-5-14(22-18)15-4-3-7-25(15)16(26)10-24-9-13(19)8-21-24/h5-6,8-9,15H,3-4,7,10H2,1-2H3/t15-/m0/s1. The third-order valence-corrected chi connectivity index (χ3v) is 4.94. The zero-order chi connectivity index (χ0) is 19.0. The fourth-order valence-electron chi connectivity index (χ4n) is 3.51. The molecule has 1 saturated heterocycles. The van der Waals surface area contributed by atoms with Gasteiger partial charge in [-0.05, 0) is 32.8 Å². The molecule has 0 bridgehead atoms. The first-order valence-corrected chi connectivity index (χ1v) is 9.14. The van der Waals surface area contributed by atoms with Crippen molar-refractivity contribution in [3.05, 3.63) is 46.8 Å². The number of rotatable bonds is 4. The number of aryl methyl sites for hydroxylation is 2. The van der Waals surface area contributed by atoms with Gasteiger partial charge in [0.15, 0.2) is 5.82 Å². The molecule has 1 aliphatic heterocycles. The minimum Gasteiger partial charge on any atom is -0.361 e. The number of carbonyl (C=O) groups is 1. The molecule has 1 atom stereocenters. The number of hydrogen-bond donors (Lipinski definition) is 0. The van der Waals surface area contributed by atoms with Crippen molar-refractivity contribution in [3.8, 4) is 11.4 Å². The first-order valence-electron chi connectivity index (χ1n) is 8.76. The van der Waals surface area contributed by atoms with Crippen LogP contribution in [0.25, 0.3) is 11.4 Å². The van der Waals surface area contributed by atoms with Crippen LogP contribution in [-0.2, 0) is 11.3 Å². The molecule has 1 amide bonds. The Kier molecular flexibility index (Phi) is 4.65. The number of aromatic nitrogens is 5. The van der Waals surface area contributed by atoms with Gasteiger partial charge in [-0.25, -0.2) is 9.97 Å². The van der Waals surface area contributed by atoms with Crippen molar-refractivity contribution in [2.75, 3.05) is 6.54 Å². The number of halogens is 1. The highest BCUT2D eigenvalue weighted by Gasteiger charge is 2.31. The maximum Gasteiger partial charge on any atom is 0.244 e. The third-order valence-electron chi connectivity index (χ3n) is 4.75. The van der Waals surface area contributed by atoms with Crippen LogP contribution in [0.2, 0.25) is 5.02 Å². The summed E-state index contributed by atoms with van der Waals surface area (Å²) in [6, 6.07) is 1.79. The Morgan fingerprint density at radius 3 is 2.96 bits per heavy atom. The van der Waals surface area contributed by atoms with Crippen molar-refractivity contribution in [1.29, 1.82) is 0 Å². The molecular weight excluding hydrogens is 368 g/mol. The molecule has 8 nitrogen and oxygen atoms in total. The summed E-state index contributed by atoms with van der Waals surface area (Å²) in [5, 5.41) is 8.57. The van der Waals surface area contributed by atoms with E-state index in [1.807, 2.05) is 24.8 Å². The number of amides is 1. The van der Waals surface area contributed by atoms with Gasteiger partial charge in [0, 0.05) is 18.9 Å². The Hall–Kier alpha value is -2.74. The van der Waals surface area contributed by atoms with Crippen molar-refractivity contribution in [3.63, 3.8) is 0 Å². The van der Waals surface area contributed by atoms with Crippen LogP contribution < -0.4 is 0 Å². The maximum absolute atomic E-state index is 12.8. The summed E-state index contributed by atoms with van der Waals surface area (Å²) >= 11 is 5.88. The first-order chi connectivity index (χ1) is 13.0. The van der Waals surface area contributed by atoms with E-state index in [0.29, 0.717) is 23.2 Å². The lowest BCUT2D eigenvalue weighted by molar-refractivity contribution is -0.133. The first kappa shape index (κ1) is 17.7. The number of hydrogen-bond acceptors (Lipinski definition) is 6. The predicted molar refractivity (Wildman–Crippen MR) is 97.9 cm³/mol. The Balaban J connectivity index is 1.59. The number of nitrogens with zero attached hydrogens (tertiary/aromatic N) is 6. The SMILES string of the molecule is Cc1noc(C)c1-c1nccc([C@@H]2CCCN2C(=O)Cn2cc(Cl)cn2)n1. The molecule has 4 heterocycles. The van der Waals surface area contributed by atoms with Crippen molar-refractivity contribution < 1.29 is 9.32 Å². The zero-order valence-electron chi connectivity index (χ0n) is 15.1. The fraction of sp³-hybridized carbons (Fsp3) is 0.389. The van der Waals surface area contributed by atoms with Gasteiger partial charge in [-0.1, -0.05) is 16.8 Å². The van der Waals surface area contributed by atoms with Crippen LogP contribution in [0.3, 0.4) is 0 Å². The summed E-state index contributed by atoms with van der Waals surface area (Å²) in [4.78, 5) is 23.7. The molecule has 3 aromatic heterocycles. The molecule has 9 heteroatoms. The lowest BCUT2D eigenvalue weighted by Crippen LogP contribution is -2.34. The van der Waals surface area contributed by atoms with Crippen molar-refractivity contribution in [2.24, 2.45) is 0 Å². The Labute approximate surface area is 161 Å². The van der Waals surface area contributed by atoms with Gasteiger partial charge >= 0.3 is 0 Å². The molecule has 1 aliphatic rings. The highest BCUT2D eigenvalue weighted by atomic mass is 35.5. The summed E-state index contributed by atoms with van der Waals surface area (Å²) < 4.78 is 6.78. The predicted octanol–water partition coefficient (Wildman–Crippen LogP) is 2.96. The van der Waals surface area contributed by atoms with Gasteiger partial charge < -0.3 is 9.42 Å². The quantitative estimate of drug-likeness (QED) is 0.684. The average Bonchev–Trinajstić information content (AvgIpc) is 3.36. The van der Waals surface area contributed by atoms with Gasteiger partial charge in [-0.3, -0.25) is 9.48 Å². The van der Waals surface area contributed by atoms with Gasteiger partial charge in [-0.2, -0.15) is 5.10 Å². The van der Waals surface area contributed by atoms with Crippen LogP contribution in [0.1, 0.15) is 36.0 Å². The Bertz CT molecular complexity index is 962. The van der Waals surface area contributed by atoms with Gasteiger partial charge in [0.05, 0.1) is 34.2 Å². The van der Waals surface area contributed by atoms with Crippen molar-refractivity contribution in [2.45, 2.75) is 39.3 Å². The third kappa shape index (κ3) is 3.44. The highest BCUT2D eigenvalue weighted by Crippen LogP contribution is 2.32. The van der Waals surface area contributed by atoms with E-state index in [1.54, 1.807) is 17.1 Å². The normalized spacial score (nSPS) is 16.9. The lowest BCUT2D eigenvalue weighted by Gasteiger charge is -2.24. The highest BCUT2D eigenvalue weighted by molar-refractivity contribution is 6.30. The number of carbonyl (C=O) groups excluding carboxylic acids is 1. The van der Waals surface area contributed by atoms with E-state index in [9.17, 15) is 4.79 Å². The van der Waals surface area contributed by atoms with Crippen molar-refractivity contribution >= 4 is 17.5 Å². The van der Waals surface area contributed by atoms with Gasteiger partial charge in [0.1, 0.15) is 12.3 Å². The fourth-order valence-corrected chi connectivity index (χ4v) is 3.66. The maximum atomic E-state index is 12.8. The second kappa shape index (κ2) is 7.11. The van der Waals surface area contributed by atoms with E-state index in [0.717, 1.165) is 29.8 Å². The second-order valence-corrected chi connectivity index (χ2v) is 7.04. The molecule has 0 aromatic carbocycles. The molecule has 0 radical (unpaired) electrons. The van der Waals surface area contributed by atoms with Crippen LogP contribution in [0.5, 0.6) is 0 Å². The molecule has 1 fully saturated rings. The van der Waals surface area contributed by atoms with Crippen LogP contribution >= 0.6 is 11.6 Å². The van der Waals surface area contributed by atoms with E-state index < -0.39 is 0 Å². The Morgan fingerprint density at radius 2 is 2.26 bits per heavy atom. The van der Waals surface area contributed by atoms with Gasteiger partial charge in [0.2, 0.25) is 5.91 Å². The van der Waals surface area contributed by atoms with Crippen LogP contribution in [0, 0.1) is 13.8 Å². The molecule has 4 rings (SSSR count). The molecule has 3 aromatic rings. The van der Waals surface area contributed by atoms with Gasteiger partial charge in [0.25, 0.3) is 0 Å². The topological polar surface area (TPSA) is 89.9 Å². The molecule has 140 valence electrons. The molecule has 0 saturated carbocycles. The second-order valence-electron chi connectivity index (χ2n) is 6.61. The summed E-state index contributed by atoms with van der Waals surface area (Å²) in [5.74, 6) is 1.25. The molecular formula is C18H19ClN6O2. The molecule has 0 N–H and O–H groups in total. The lowest BCUT2D eigenvalue weighted by atomic mass is 10.1. The van der Waals surface area contributed by atoms with Crippen LogP contribution in [0.15, 0.2) is 29.2 Å². The van der Waals surface area contributed by atoms with Crippen LogP contribution in [0.4, 0.5) is 0 Å². The summed E-state index contributed by atoms with van der Waals surface area (Å²) in [6.45, 7) is 4.56. The summed E-state index contributed by atoms with van der Waals surface area (Å²) in [5.41, 5.74) is 2.38. The number of likely N-dealkylation sites (tertiary alicyclic amines) is 1. The Morgan fingerprint density at radius 1 is 1.41 bits per heavy atom. The van der Waals surface area contributed by atoms with E-state index in [2.05, 4.69) is 15.2 Å². The van der Waals surface area contributed by atoms with Crippen molar-refractivity contribution in [1.82, 2.24) is 29.8 Å². The monoisotopic (exact) mass is 386 g/mol.